The first kappa shape index (κ1) is 30.4. The van der Waals surface area contributed by atoms with Crippen LogP contribution in [0.15, 0.2) is 0 Å². The first-order valence-corrected chi connectivity index (χ1v) is 11.5. The Bertz CT molecular complexity index is 410. The molecule has 0 rings (SSSR count). The fourth-order valence-corrected chi connectivity index (χ4v) is 3.48. The molecule has 1 N–H and O–H groups in total. The predicted octanol–water partition coefficient (Wildman–Crippen LogP) is 5.98. The number of halogens is 1. The third-order valence-corrected chi connectivity index (χ3v) is 4.94. The molecule has 0 aromatic rings. The van der Waals surface area contributed by atoms with Gasteiger partial charge in [0.05, 0.1) is 27.6 Å². The van der Waals surface area contributed by atoms with E-state index in [0.29, 0.717) is 17.4 Å². The number of unbranched alkanes of at least 4 members (excludes halogenated alkanes) is 12. The van der Waals surface area contributed by atoms with Crippen molar-refractivity contribution in [1.29, 1.82) is 0 Å². The van der Waals surface area contributed by atoms with Gasteiger partial charge in [0.15, 0.2) is 6.10 Å². The normalized spacial score (nSPS) is 12.3. The lowest BCUT2D eigenvalue weighted by Gasteiger charge is -2.28. The van der Waals surface area contributed by atoms with Crippen molar-refractivity contribution < 1.29 is 23.9 Å². The molecule has 0 saturated carbocycles. The molecule has 0 amide bonds. The van der Waals surface area contributed by atoms with Crippen LogP contribution in [0.4, 0.5) is 0 Å². The lowest BCUT2D eigenvalue weighted by Crippen LogP contribution is -2.43. The van der Waals surface area contributed by atoms with E-state index in [4.69, 9.17) is 9.84 Å². The van der Waals surface area contributed by atoms with E-state index in [1.165, 1.54) is 70.6 Å². The zero-order valence-electron chi connectivity index (χ0n) is 19.4. The number of rotatable bonds is 19. The van der Waals surface area contributed by atoms with Crippen molar-refractivity contribution in [2.75, 3.05) is 27.7 Å². The van der Waals surface area contributed by atoms with Crippen molar-refractivity contribution in [3.8, 4) is 0 Å². The molecule has 0 bridgehead atoms. The third kappa shape index (κ3) is 23.3. The quantitative estimate of drug-likeness (QED) is 0.153. The molecule has 0 saturated heterocycles. The fourth-order valence-electron chi connectivity index (χ4n) is 3.48. The van der Waals surface area contributed by atoms with Crippen molar-refractivity contribution >= 4 is 24.3 Å². The van der Waals surface area contributed by atoms with Gasteiger partial charge in [0, 0.05) is 6.42 Å². The van der Waals surface area contributed by atoms with Crippen LogP contribution >= 0.6 is 12.4 Å². The van der Waals surface area contributed by atoms with E-state index in [-0.39, 0.29) is 24.8 Å². The Hall–Kier alpha value is -0.810. The second-order valence-corrected chi connectivity index (χ2v) is 9.18. The zero-order chi connectivity index (χ0) is 21.3. The zero-order valence-corrected chi connectivity index (χ0v) is 20.2. The SMILES string of the molecule is CCCCCCCCCCCCCCCC(=O)OC(CC(=O)O)C[N+](C)(C)C.Cl. The van der Waals surface area contributed by atoms with E-state index in [1.54, 1.807) is 0 Å². The van der Waals surface area contributed by atoms with Gasteiger partial charge in [-0.1, -0.05) is 84.0 Å². The number of aliphatic carboxylic acids is 1. The molecular formula is C23H47ClNO4+. The second kappa shape index (κ2) is 19.2. The van der Waals surface area contributed by atoms with Crippen molar-refractivity contribution in [2.24, 2.45) is 0 Å². The van der Waals surface area contributed by atoms with Gasteiger partial charge in [-0.25, -0.2) is 0 Å². The van der Waals surface area contributed by atoms with E-state index in [0.717, 1.165) is 12.8 Å². The van der Waals surface area contributed by atoms with Crippen molar-refractivity contribution in [2.45, 2.75) is 109 Å². The summed E-state index contributed by atoms with van der Waals surface area (Å²) < 4.78 is 5.98. The van der Waals surface area contributed by atoms with Crippen LogP contribution in [0.3, 0.4) is 0 Å². The summed E-state index contributed by atoms with van der Waals surface area (Å²) in [6.07, 6.45) is 16.2. The summed E-state index contributed by atoms with van der Waals surface area (Å²) in [5.41, 5.74) is 0. The van der Waals surface area contributed by atoms with Gasteiger partial charge in [0.2, 0.25) is 0 Å². The van der Waals surface area contributed by atoms with Gasteiger partial charge in [-0.15, -0.1) is 12.4 Å². The predicted molar refractivity (Wildman–Crippen MR) is 123 cm³/mol. The highest BCUT2D eigenvalue weighted by Crippen LogP contribution is 2.14. The van der Waals surface area contributed by atoms with Crippen LogP contribution in [0, 0.1) is 0 Å². The standard InChI is InChI=1S/C23H45NO4.ClH/c1-5-6-7-8-9-10-11-12-13-14-15-16-17-18-23(27)28-21(19-22(25)26)20-24(2,3)4;/h21H,5-20H2,1-4H3;1H/p+1. The number of ether oxygens (including phenoxy) is 1. The molecule has 0 aromatic heterocycles. The Morgan fingerprint density at radius 3 is 1.59 bits per heavy atom. The number of esters is 1. The average molecular weight is 437 g/mol. The molecule has 0 spiro atoms. The highest BCUT2D eigenvalue weighted by Gasteiger charge is 2.24. The molecule has 0 heterocycles. The van der Waals surface area contributed by atoms with Crippen LogP contribution in [0.1, 0.15) is 103 Å². The molecule has 0 fully saturated rings. The summed E-state index contributed by atoms with van der Waals surface area (Å²) in [5, 5.41) is 8.99. The summed E-state index contributed by atoms with van der Waals surface area (Å²) in [7, 11) is 5.90. The Kier molecular flexibility index (Phi) is 20.1. The van der Waals surface area contributed by atoms with Gasteiger partial charge >= 0.3 is 11.9 Å². The first-order valence-electron chi connectivity index (χ1n) is 11.5. The number of carbonyl (C=O) groups excluding carboxylic acids is 1. The van der Waals surface area contributed by atoms with Crippen molar-refractivity contribution in [1.82, 2.24) is 0 Å². The number of carboxylic acid groups (broad SMARTS) is 1. The minimum Gasteiger partial charge on any atom is -0.481 e. The summed E-state index contributed by atoms with van der Waals surface area (Å²) in [5.74, 6) is -1.19. The third-order valence-electron chi connectivity index (χ3n) is 4.94. The number of hydrogen-bond donors (Lipinski definition) is 1. The molecule has 1 unspecified atom stereocenters. The lowest BCUT2D eigenvalue weighted by molar-refractivity contribution is -0.873. The van der Waals surface area contributed by atoms with Gasteiger partial charge in [0.1, 0.15) is 6.54 Å². The minimum atomic E-state index is -0.924. The van der Waals surface area contributed by atoms with Gasteiger partial charge < -0.3 is 14.3 Å². The smallest absolute Gasteiger partial charge is 0.307 e. The highest BCUT2D eigenvalue weighted by atomic mass is 35.5. The summed E-state index contributed by atoms with van der Waals surface area (Å²) >= 11 is 0. The molecule has 0 aromatic carbocycles. The average Bonchev–Trinajstić information content (AvgIpc) is 2.56. The maximum Gasteiger partial charge on any atom is 0.307 e. The Morgan fingerprint density at radius 2 is 1.21 bits per heavy atom. The second-order valence-electron chi connectivity index (χ2n) is 9.18. The number of carboxylic acids is 1. The van der Waals surface area contributed by atoms with Gasteiger partial charge in [-0.2, -0.15) is 0 Å². The molecule has 0 aliphatic heterocycles. The van der Waals surface area contributed by atoms with E-state index in [1.807, 2.05) is 21.1 Å². The van der Waals surface area contributed by atoms with Gasteiger partial charge in [-0.3, -0.25) is 9.59 Å². The highest BCUT2D eigenvalue weighted by molar-refractivity contribution is 5.85. The van der Waals surface area contributed by atoms with E-state index >= 15 is 0 Å². The molecule has 0 aliphatic carbocycles. The summed E-state index contributed by atoms with van der Waals surface area (Å²) in [6.45, 7) is 2.77. The lowest BCUT2D eigenvalue weighted by atomic mass is 10.0. The molecule has 0 aliphatic rings. The van der Waals surface area contributed by atoms with Gasteiger partial charge in [-0.05, 0) is 6.42 Å². The molecule has 29 heavy (non-hydrogen) atoms. The van der Waals surface area contributed by atoms with Crippen LogP contribution in [-0.2, 0) is 14.3 Å². The molecule has 1 atom stereocenters. The number of likely N-dealkylation sites (N-methyl/N-ethyl adjacent to an activating group) is 1. The van der Waals surface area contributed by atoms with Gasteiger partial charge in [0.25, 0.3) is 0 Å². The van der Waals surface area contributed by atoms with E-state index in [9.17, 15) is 9.59 Å². The van der Waals surface area contributed by atoms with E-state index < -0.39 is 12.1 Å². The summed E-state index contributed by atoms with van der Waals surface area (Å²) in [6, 6.07) is 0. The van der Waals surface area contributed by atoms with Crippen LogP contribution in [0.25, 0.3) is 0 Å². The number of quaternary nitrogens is 1. The molecule has 0 radical (unpaired) electrons. The molecular weight excluding hydrogens is 390 g/mol. The first-order chi connectivity index (χ1) is 13.2. The molecule has 174 valence electrons. The van der Waals surface area contributed by atoms with Crippen LogP contribution in [0.2, 0.25) is 0 Å². The van der Waals surface area contributed by atoms with Crippen molar-refractivity contribution in [3.05, 3.63) is 0 Å². The van der Waals surface area contributed by atoms with Crippen LogP contribution < -0.4 is 0 Å². The Labute approximate surface area is 185 Å². The Morgan fingerprint density at radius 1 is 0.793 bits per heavy atom. The molecule has 5 nitrogen and oxygen atoms in total. The van der Waals surface area contributed by atoms with Crippen LogP contribution in [0.5, 0.6) is 0 Å². The van der Waals surface area contributed by atoms with Crippen LogP contribution in [-0.4, -0.2) is 55.3 Å². The fraction of sp³-hybridized carbons (Fsp3) is 0.913. The van der Waals surface area contributed by atoms with Crippen molar-refractivity contribution in [3.63, 3.8) is 0 Å². The summed E-state index contributed by atoms with van der Waals surface area (Å²) in [4.78, 5) is 23.0. The Balaban J connectivity index is 0. The maximum absolute atomic E-state index is 12.0. The van der Waals surface area contributed by atoms with E-state index in [2.05, 4.69) is 6.92 Å². The molecule has 6 heteroatoms. The number of hydrogen-bond acceptors (Lipinski definition) is 3. The number of nitrogens with zero attached hydrogens (tertiary/aromatic N) is 1. The number of carbonyl (C=O) groups is 2. The minimum absolute atomic E-state index is 0. The largest absolute Gasteiger partial charge is 0.481 e. The monoisotopic (exact) mass is 436 g/mol. The maximum atomic E-state index is 12.0. The topological polar surface area (TPSA) is 63.6 Å².